The summed E-state index contributed by atoms with van der Waals surface area (Å²) in [6, 6.07) is 23.6. The van der Waals surface area contributed by atoms with Crippen LogP contribution in [0.3, 0.4) is 0 Å². The molecule has 61 heavy (non-hydrogen) atoms. The Bertz CT molecular complexity index is 2610. The first-order valence-corrected chi connectivity index (χ1v) is 19.3. The van der Waals surface area contributed by atoms with Crippen LogP contribution in [0.2, 0.25) is 10.0 Å². The lowest BCUT2D eigenvalue weighted by Gasteiger charge is -2.19. The summed E-state index contributed by atoms with van der Waals surface area (Å²) in [7, 11) is 5.46. The third-order valence-electron chi connectivity index (χ3n) is 9.46. The number of hydrogen-bond acceptors (Lipinski definition) is 9. The fraction of sp³-hybridized carbons (Fsp3) is 0.163. The van der Waals surface area contributed by atoms with Crippen LogP contribution < -0.4 is 21.7 Å². The number of nitrogens with zero attached hydrogens (tertiary/aromatic N) is 6. The molecule has 0 fully saturated rings. The van der Waals surface area contributed by atoms with Crippen LogP contribution in [0, 0.1) is 0 Å². The molecule has 0 saturated heterocycles. The number of aryl methyl sites for hydroxylation is 3. The van der Waals surface area contributed by atoms with Crippen LogP contribution in [0.1, 0.15) is 21.6 Å². The molecule has 15 nitrogen and oxygen atoms in total. The maximum Gasteiger partial charge on any atom is 0.270 e. The van der Waals surface area contributed by atoms with Crippen molar-refractivity contribution >= 4 is 64.7 Å². The molecule has 0 saturated carbocycles. The summed E-state index contributed by atoms with van der Waals surface area (Å²) < 4.78 is 5.24. The summed E-state index contributed by atoms with van der Waals surface area (Å²) in [6.07, 6.45) is 8.80. The van der Waals surface area contributed by atoms with E-state index < -0.39 is 23.9 Å². The molecule has 7 aromatic rings. The quantitative estimate of drug-likeness (QED) is 0.0787. The second-order valence-corrected chi connectivity index (χ2v) is 14.7. The summed E-state index contributed by atoms with van der Waals surface area (Å²) in [5.74, 6) is -1.10. The monoisotopic (exact) mass is 884 g/mol. The highest BCUT2D eigenvalue weighted by molar-refractivity contribution is 6.31. The third kappa shape index (κ3) is 11.8. The van der Waals surface area contributed by atoms with E-state index in [1.165, 1.54) is 35.1 Å². The Labute approximate surface area is 367 Å². The Kier molecular flexibility index (Phi) is 15.3. The summed E-state index contributed by atoms with van der Waals surface area (Å²) in [5.41, 5.74) is 12.5. The van der Waals surface area contributed by atoms with Gasteiger partial charge in [0.1, 0.15) is 23.2 Å². The lowest BCUT2D eigenvalue weighted by molar-refractivity contribution is -0.118. The Hall–Kier alpha value is -6.65. The first-order chi connectivity index (χ1) is 28.7. The fourth-order valence-electron chi connectivity index (χ4n) is 6.21. The van der Waals surface area contributed by atoms with Gasteiger partial charge < -0.3 is 41.0 Å². The molecule has 4 aromatic carbocycles. The van der Waals surface area contributed by atoms with E-state index in [1.807, 2.05) is 59.6 Å². The number of hydrogen-bond donors (Lipinski definition) is 6. The van der Waals surface area contributed by atoms with Crippen LogP contribution in [0.4, 0.5) is 11.4 Å². The van der Waals surface area contributed by atoms with Crippen molar-refractivity contribution in [3.05, 3.63) is 149 Å². The maximum atomic E-state index is 13.2. The van der Waals surface area contributed by atoms with Gasteiger partial charge in [-0.2, -0.15) is 5.10 Å². The predicted molar refractivity (Wildman–Crippen MR) is 238 cm³/mol. The number of phenols is 2. The number of imidazole rings is 2. The highest BCUT2D eigenvalue weighted by Crippen LogP contribution is 2.26. The Morgan fingerprint density at radius 3 is 1.61 bits per heavy atom. The van der Waals surface area contributed by atoms with E-state index in [9.17, 15) is 24.6 Å². The van der Waals surface area contributed by atoms with E-state index in [0.717, 1.165) is 22.5 Å². The zero-order valence-corrected chi connectivity index (χ0v) is 35.5. The number of nitrogens with one attached hydrogen (secondary N) is 3. The highest BCUT2D eigenvalue weighted by Gasteiger charge is 2.25. The number of amides is 3. The van der Waals surface area contributed by atoms with Crippen molar-refractivity contribution in [1.82, 2.24) is 34.2 Å². The van der Waals surface area contributed by atoms with Crippen molar-refractivity contribution < 1.29 is 24.6 Å². The Balaban J connectivity index is 0.000000235. The normalized spacial score (nSPS) is 11.6. The third-order valence-corrected chi connectivity index (χ3v) is 10.2. The average Bonchev–Trinajstić information content (AvgIpc) is 3.99. The van der Waals surface area contributed by atoms with E-state index in [1.54, 1.807) is 62.4 Å². The Morgan fingerprint density at radius 2 is 1.16 bits per heavy atom. The smallest absolute Gasteiger partial charge is 0.270 e. The number of benzene rings is 4. The van der Waals surface area contributed by atoms with Crippen LogP contribution in [0.15, 0.2) is 122 Å². The van der Waals surface area contributed by atoms with Crippen molar-refractivity contribution in [2.45, 2.75) is 24.9 Å². The molecule has 0 radical (unpaired) electrons. The number of phenolic OH excluding ortho intramolecular Hbond substituents is 2. The topological polar surface area (TPSA) is 207 Å². The molecule has 0 bridgehead atoms. The molecule has 0 aliphatic rings. The van der Waals surface area contributed by atoms with Gasteiger partial charge in [0, 0.05) is 55.2 Å². The van der Waals surface area contributed by atoms with Crippen LogP contribution in [0.5, 0.6) is 11.5 Å². The van der Waals surface area contributed by atoms with Crippen molar-refractivity contribution in [2.75, 3.05) is 10.6 Å². The maximum absolute atomic E-state index is 13.2. The van der Waals surface area contributed by atoms with E-state index in [0.29, 0.717) is 38.2 Å². The SMILES string of the molecule is Cl.Cn1cncc1-c1ccc(NC(=O)[C@@H](N)Cc2cc(O)ccc2Cl)cc1.Cn1cncc1-c1ccc(NC(=O)[C@H](Cc2cc(O)ccc2Cl)NC(=O)c2ccnn2C)cc1. The highest BCUT2D eigenvalue weighted by atomic mass is 35.5. The van der Waals surface area contributed by atoms with Crippen LogP contribution in [-0.4, -0.2) is 68.9 Å². The number of nitrogens with two attached hydrogens (primary N) is 1. The number of aromatic hydroxyl groups is 2. The second-order valence-electron chi connectivity index (χ2n) is 13.8. The molecule has 18 heteroatoms. The summed E-state index contributed by atoms with van der Waals surface area (Å²) >= 11 is 12.3. The largest absolute Gasteiger partial charge is 0.508 e. The zero-order chi connectivity index (χ0) is 42.9. The zero-order valence-electron chi connectivity index (χ0n) is 33.2. The molecular weight excluding hydrogens is 843 g/mol. The molecule has 2 atom stereocenters. The van der Waals surface area contributed by atoms with Crippen LogP contribution >= 0.6 is 35.6 Å². The minimum absolute atomic E-state index is 0. The summed E-state index contributed by atoms with van der Waals surface area (Å²) in [5, 5.41) is 32.6. The molecular formula is C43H43Cl3N10O5. The number of halogens is 3. The van der Waals surface area contributed by atoms with Gasteiger partial charge in [-0.1, -0.05) is 47.5 Å². The van der Waals surface area contributed by atoms with Gasteiger partial charge in [-0.3, -0.25) is 19.1 Å². The van der Waals surface area contributed by atoms with Gasteiger partial charge in [-0.25, -0.2) is 9.97 Å². The lowest BCUT2D eigenvalue weighted by atomic mass is 10.0. The van der Waals surface area contributed by atoms with Gasteiger partial charge in [-0.15, -0.1) is 12.4 Å². The Morgan fingerprint density at radius 1 is 0.689 bits per heavy atom. The standard InChI is InChI=1S/C24H23ClN6O3.C19H19ClN4O2.ClH/c1-30-14-26-13-22(30)15-3-5-17(6-4-15)28-23(33)20(12-16-11-18(32)7-8-19(16)25)29-24(34)21-9-10-27-31(21)2;1-24-11-22-10-18(24)12-2-4-14(5-3-12)23-19(26)17(21)9-13-8-15(25)6-7-16(13)20;/h3-11,13-14,20,32H,12H2,1-2H3,(H,28,33)(H,29,34);2-8,10-11,17,25H,9,21H2,1H3,(H,23,26);1H/t20-;17-;/m00./s1. The first kappa shape index (κ1) is 45.4. The predicted octanol–water partition coefficient (Wildman–Crippen LogP) is 6.54. The van der Waals surface area contributed by atoms with Gasteiger partial charge in [0.15, 0.2) is 0 Å². The van der Waals surface area contributed by atoms with Gasteiger partial charge in [-0.05, 0) is 95.4 Å². The molecule has 0 aliphatic carbocycles. The van der Waals surface area contributed by atoms with Crippen LogP contribution in [0.25, 0.3) is 22.5 Å². The molecule has 7 N–H and O–H groups in total. The van der Waals surface area contributed by atoms with Gasteiger partial charge in [0.05, 0.1) is 42.5 Å². The average molecular weight is 886 g/mol. The number of rotatable bonds is 12. The van der Waals surface area contributed by atoms with Crippen LogP contribution in [-0.2, 0) is 43.6 Å². The minimum Gasteiger partial charge on any atom is -0.508 e. The molecule has 316 valence electrons. The molecule has 0 aliphatic heterocycles. The van der Waals surface area contributed by atoms with Crippen molar-refractivity contribution in [1.29, 1.82) is 0 Å². The molecule has 0 unspecified atom stereocenters. The van der Waals surface area contributed by atoms with Gasteiger partial charge in [0.25, 0.3) is 5.91 Å². The number of anilines is 2. The fourth-order valence-corrected chi connectivity index (χ4v) is 6.60. The van der Waals surface area contributed by atoms with Crippen molar-refractivity contribution in [3.63, 3.8) is 0 Å². The molecule has 3 aromatic heterocycles. The van der Waals surface area contributed by atoms with Gasteiger partial charge >= 0.3 is 0 Å². The lowest BCUT2D eigenvalue weighted by Crippen LogP contribution is -2.45. The van der Waals surface area contributed by atoms with Crippen molar-refractivity contribution in [3.8, 4) is 34.0 Å². The minimum atomic E-state index is -0.960. The summed E-state index contributed by atoms with van der Waals surface area (Å²) in [4.78, 5) is 46.5. The van der Waals surface area contributed by atoms with Crippen molar-refractivity contribution in [2.24, 2.45) is 26.9 Å². The number of carbonyl (C=O) groups is 3. The molecule has 3 heterocycles. The van der Waals surface area contributed by atoms with Gasteiger partial charge in [0.2, 0.25) is 11.8 Å². The van der Waals surface area contributed by atoms with E-state index in [4.69, 9.17) is 28.9 Å². The first-order valence-electron chi connectivity index (χ1n) is 18.5. The molecule has 7 rings (SSSR count). The summed E-state index contributed by atoms with van der Waals surface area (Å²) in [6.45, 7) is 0. The second kappa shape index (κ2) is 20.5. The van der Waals surface area contributed by atoms with E-state index in [2.05, 4.69) is 31.0 Å². The number of carbonyl (C=O) groups excluding carboxylic acids is 3. The molecule has 3 amide bonds. The number of aromatic nitrogens is 6. The van der Waals surface area contributed by atoms with E-state index in [-0.39, 0.29) is 42.7 Å². The molecule has 0 spiro atoms. The van der Waals surface area contributed by atoms with E-state index >= 15 is 0 Å².